The summed E-state index contributed by atoms with van der Waals surface area (Å²) >= 11 is 0. The number of fused-ring (bicyclic) bond motifs is 4. The second-order valence-corrected chi connectivity index (χ2v) is 9.88. The van der Waals surface area contributed by atoms with Gasteiger partial charge in [0.15, 0.2) is 11.4 Å². The Morgan fingerprint density at radius 3 is 2.69 bits per heavy atom. The minimum Gasteiger partial charge on any atom is -0.502 e. The van der Waals surface area contributed by atoms with Gasteiger partial charge in [0.05, 0.1) is 19.8 Å². The third-order valence-electron chi connectivity index (χ3n) is 7.28. The molecule has 5 rings (SSSR count). The number of hydrogen-bond donors (Lipinski definition) is 2. The molecule has 1 fully saturated rings. The Morgan fingerprint density at radius 2 is 1.82 bits per heavy atom. The summed E-state index contributed by atoms with van der Waals surface area (Å²) in [6, 6.07) is 4.05. The quantitative estimate of drug-likeness (QED) is 0.494. The summed E-state index contributed by atoms with van der Waals surface area (Å²) in [6.45, 7) is 1.85. The number of ether oxygens (including phenoxy) is 2. The van der Waals surface area contributed by atoms with E-state index in [1.165, 1.54) is 29.1 Å². The molecule has 2 aromatic rings. The number of rotatable bonds is 0. The van der Waals surface area contributed by atoms with E-state index in [1.807, 2.05) is 11.1 Å². The highest BCUT2D eigenvalue weighted by molar-refractivity contribution is 5.99. The number of hydrogen-bond acceptors (Lipinski definition) is 7. The molecule has 2 N–H and O–H groups in total. The van der Waals surface area contributed by atoms with Crippen LogP contribution in [0.4, 0.5) is 4.39 Å². The number of aromatic hydroxyl groups is 1. The lowest BCUT2D eigenvalue weighted by atomic mass is 10.1. The lowest BCUT2D eigenvalue weighted by Crippen LogP contribution is -2.65. The average Bonchev–Trinajstić information content (AvgIpc) is 2.93. The normalized spacial score (nSPS) is 21.7. The zero-order valence-corrected chi connectivity index (χ0v) is 21.7. The fourth-order valence-electron chi connectivity index (χ4n) is 5.21. The SMILES string of the molecule is O=C1NCc2ccc(F)cc2OCC/C=C/CCCCCCN2C3COCCN3C(=O)c3c(O)c(=O)c1cn32. The molecular formula is C28H33FN4O6. The Labute approximate surface area is 225 Å². The van der Waals surface area contributed by atoms with Crippen LogP contribution in [-0.2, 0) is 11.3 Å². The first-order chi connectivity index (χ1) is 19.0. The highest BCUT2D eigenvalue weighted by Crippen LogP contribution is 2.27. The van der Waals surface area contributed by atoms with Crippen LogP contribution < -0.4 is 20.5 Å². The first-order valence-electron chi connectivity index (χ1n) is 13.4. The van der Waals surface area contributed by atoms with Gasteiger partial charge in [0, 0.05) is 37.5 Å². The second-order valence-electron chi connectivity index (χ2n) is 9.88. The van der Waals surface area contributed by atoms with Crippen LogP contribution in [-0.4, -0.2) is 65.6 Å². The molecule has 3 aliphatic heterocycles. The molecule has 0 spiro atoms. The number of nitrogens with one attached hydrogen (secondary N) is 1. The van der Waals surface area contributed by atoms with Gasteiger partial charge < -0.3 is 24.8 Å². The molecular weight excluding hydrogens is 507 g/mol. The van der Waals surface area contributed by atoms with Gasteiger partial charge in [-0.3, -0.25) is 24.1 Å². The van der Waals surface area contributed by atoms with E-state index < -0.39 is 35.0 Å². The third kappa shape index (κ3) is 5.63. The molecule has 11 heteroatoms. The number of benzene rings is 1. The average molecular weight is 541 g/mol. The van der Waals surface area contributed by atoms with Crippen molar-refractivity contribution in [3.05, 3.63) is 69.4 Å². The van der Waals surface area contributed by atoms with Crippen molar-refractivity contribution in [3.63, 3.8) is 0 Å². The fraction of sp³-hybridized carbons (Fsp3) is 0.464. The Balaban J connectivity index is 1.50. The van der Waals surface area contributed by atoms with E-state index in [4.69, 9.17) is 9.47 Å². The van der Waals surface area contributed by atoms with E-state index in [-0.39, 0.29) is 24.4 Å². The van der Waals surface area contributed by atoms with Crippen LogP contribution in [0, 0.1) is 5.82 Å². The molecule has 3 aliphatic rings. The van der Waals surface area contributed by atoms with Gasteiger partial charge in [0.2, 0.25) is 5.43 Å². The van der Waals surface area contributed by atoms with Gasteiger partial charge in [-0.25, -0.2) is 4.39 Å². The van der Waals surface area contributed by atoms with Gasteiger partial charge in [-0.1, -0.05) is 31.1 Å². The molecule has 1 aromatic carbocycles. The maximum Gasteiger partial charge on any atom is 0.278 e. The largest absolute Gasteiger partial charge is 0.502 e. The predicted octanol–water partition coefficient (Wildman–Crippen LogP) is 2.66. The van der Waals surface area contributed by atoms with Crippen LogP contribution in [0.1, 0.15) is 64.9 Å². The van der Waals surface area contributed by atoms with E-state index >= 15 is 0 Å². The van der Waals surface area contributed by atoms with Gasteiger partial charge in [0.1, 0.15) is 23.3 Å². The van der Waals surface area contributed by atoms with E-state index in [9.17, 15) is 23.9 Å². The van der Waals surface area contributed by atoms with Crippen LogP contribution in [0.3, 0.4) is 0 Å². The van der Waals surface area contributed by atoms with E-state index in [0.29, 0.717) is 44.0 Å². The molecule has 39 heavy (non-hydrogen) atoms. The summed E-state index contributed by atoms with van der Waals surface area (Å²) in [5.74, 6) is -2.13. The molecule has 2 amide bonds. The molecule has 4 heterocycles. The summed E-state index contributed by atoms with van der Waals surface area (Å²) in [7, 11) is 0. The number of carbonyl (C=O) groups excluding carboxylic acids is 2. The number of carbonyl (C=O) groups is 2. The Kier molecular flexibility index (Phi) is 8.16. The van der Waals surface area contributed by atoms with Crippen LogP contribution >= 0.6 is 0 Å². The maximum absolute atomic E-state index is 13.9. The Bertz CT molecular complexity index is 1330. The fourth-order valence-corrected chi connectivity index (χ4v) is 5.21. The molecule has 0 aliphatic carbocycles. The zero-order chi connectivity index (χ0) is 27.4. The van der Waals surface area contributed by atoms with Gasteiger partial charge in [0.25, 0.3) is 11.8 Å². The number of pyridine rings is 1. The lowest BCUT2D eigenvalue weighted by molar-refractivity contribution is -0.0173. The minimum atomic E-state index is -0.928. The van der Waals surface area contributed by atoms with E-state index in [1.54, 1.807) is 4.90 Å². The monoisotopic (exact) mass is 540 g/mol. The predicted molar refractivity (Wildman–Crippen MR) is 141 cm³/mol. The smallest absolute Gasteiger partial charge is 0.278 e. The first kappa shape index (κ1) is 26.7. The zero-order valence-electron chi connectivity index (χ0n) is 21.7. The molecule has 1 unspecified atom stereocenters. The molecule has 1 aromatic heterocycles. The Morgan fingerprint density at radius 1 is 1.00 bits per heavy atom. The molecule has 2 bridgehead atoms. The summed E-state index contributed by atoms with van der Waals surface area (Å²) in [5.41, 5.74) is -0.847. The topological polar surface area (TPSA) is 113 Å². The van der Waals surface area contributed by atoms with Crippen molar-refractivity contribution < 1.29 is 28.6 Å². The number of halogens is 1. The lowest BCUT2D eigenvalue weighted by Gasteiger charge is -2.48. The maximum atomic E-state index is 13.9. The third-order valence-corrected chi connectivity index (χ3v) is 7.28. The summed E-state index contributed by atoms with van der Waals surface area (Å²) in [5, 5.41) is 15.4. The van der Waals surface area contributed by atoms with Gasteiger partial charge in [-0.05, 0) is 31.7 Å². The molecule has 0 saturated carbocycles. The number of aromatic nitrogens is 1. The molecule has 0 radical (unpaired) electrons. The minimum absolute atomic E-state index is 0.0286. The van der Waals surface area contributed by atoms with Gasteiger partial charge in [-0.15, -0.1) is 0 Å². The van der Waals surface area contributed by atoms with Crippen molar-refractivity contribution in [2.75, 3.05) is 37.9 Å². The number of morpholine rings is 1. The van der Waals surface area contributed by atoms with Gasteiger partial charge >= 0.3 is 0 Å². The van der Waals surface area contributed by atoms with Gasteiger partial charge in [-0.2, -0.15) is 0 Å². The van der Waals surface area contributed by atoms with Crippen LogP contribution in [0.2, 0.25) is 0 Å². The van der Waals surface area contributed by atoms with Crippen molar-refractivity contribution in [1.82, 2.24) is 14.9 Å². The molecule has 208 valence electrons. The standard InChI is InChI=1S/C28H33FN4O6/c29-20-10-9-19-16-30-27(36)21-17-33-24(26(35)25(21)34)28(37)31-12-14-38-18-23(31)32(33)11-7-5-3-1-2-4-6-8-13-39-22(19)15-20/h4,6,9-10,15,17,23,35H,1-3,5,7-8,11-14,16,18H2,(H,30,36)/b6-4+. The Hall–Kier alpha value is -3.86. The van der Waals surface area contributed by atoms with Crippen LogP contribution in [0.25, 0.3) is 0 Å². The summed E-state index contributed by atoms with van der Waals surface area (Å²) in [6.07, 6.45) is 10.5. The van der Waals surface area contributed by atoms with Crippen LogP contribution in [0.5, 0.6) is 11.5 Å². The second kappa shape index (κ2) is 11.9. The summed E-state index contributed by atoms with van der Waals surface area (Å²) < 4.78 is 26.8. The molecule has 1 atom stereocenters. The van der Waals surface area contributed by atoms with Crippen LogP contribution in [0.15, 0.2) is 41.3 Å². The highest BCUT2D eigenvalue weighted by Gasteiger charge is 2.42. The van der Waals surface area contributed by atoms with Crippen molar-refractivity contribution in [3.8, 4) is 11.5 Å². The van der Waals surface area contributed by atoms with E-state index in [0.717, 1.165) is 32.1 Å². The summed E-state index contributed by atoms with van der Waals surface area (Å²) in [4.78, 5) is 41.2. The molecule has 1 saturated heterocycles. The highest BCUT2D eigenvalue weighted by atomic mass is 19.1. The van der Waals surface area contributed by atoms with Crippen molar-refractivity contribution in [2.45, 2.75) is 51.2 Å². The molecule has 10 nitrogen and oxygen atoms in total. The van der Waals surface area contributed by atoms with Crippen molar-refractivity contribution in [2.24, 2.45) is 0 Å². The number of nitrogens with zero attached hydrogens (tertiary/aromatic N) is 3. The number of amides is 2. The van der Waals surface area contributed by atoms with E-state index in [2.05, 4.69) is 11.4 Å². The number of allylic oxidation sites excluding steroid dienone is 1. The van der Waals surface area contributed by atoms with Crippen molar-refractivity contribution >= 4 is 11.8 Å². The first-order valence-corrected chi connectivity index (χ1v) is 13.4. The van der Waals surface area contributed by atoms with Crippen molar-refractivity contribution in [1.29, 1.82) is 0 Å².